The molecule has 2 N–H and O–H groups in total. The average Bonchev–Trinajstić information content (AvgIpc) is 2.54. The molecule has 4 nitrogen and oxygen atoms in total. The number of hydrogen-bond donors (Lipinski definition) is 2. The van der Waals surface area contributed by atoms with Crippen molar-refractivity contribution in [3.63, 3.8) is 0 Å². The van der Waals surface area contributed by atoms with Crippen LogP contribution in [0, 0.1) is 17.8 Å². The lowest BCUT2D eigenvalue weighted by molar-refractivity contribution is 0.0690. The minimum absolute atomic E-state index is 0.173. The molecule has 112 valence electrons. The fourth-order valence-electron chi connectivity index (χ4n) is 3.78. The van der Waals surface area contributed by atoms with Gasteiger partial charge in [-0.1, -0.05) is 27.7 Å². The van der Waals surface area contributed by atoms with Crippen molar-refractivity contribution in [3.8, 4) is 0 Å². The Bertz CT molecular complexity index is 504. The van der Waals surface area contributed by atoms with Gasteiger partial charge in [-0.3, -0.25) is 0 Å². The maximum Gasteiger partial charge on any atom is 0.355 e. The smallest absolute Gasteiger partial charge is 0.355 e. The van der Waals surface area contributed by atoms with Gasteiger partial charge in [0, 0.05) is 10.9 Å². The molecular formula is C15H24N2O2S. The van der Waals surface area contributed by atoms with Crippen LogP contribution in [0.3, 0.4) is 0 Å². The highest BCUT2D eigenvalue weighted by Gasteiger charge is 2.38. The monoisotopic (exact) mass is 296 g/mol. The first kappa shape index (κ1) is 15.3. The molecule has 1 fully saturated rings. The van der Waals surface area contributed by atoms with Crippen molar-refractivity contribution in [1.82, 2.24) is 4.98 Å². The number of nitrogens with one attached hydrogen (secondary N) is 1. The van der Waals surface area contributed by atoms with E-state index < -0.39 is 5.97 Å². The van der Waals surface area contributed by atoms with Gasteiger partial charge in [0.15, 0.2) is 10.8 Å². The Morgan fingerprint density at radius 2 is 1.85 bits per heavy atom. The topological polar surface area (TPSA) is 62.2 Å². The van der Waals surface area contributed by atoms with Gasteiger partial charge in [0.05, 0.1) is 0 Å². The van der Waals surface area contributed by atoms with Gasteiger partial charge in [0.2, 0.25) is 0 Å². The first-order chi connectivity index (χ1) is 9.08. The summed E-state index contributed by atoms with van der Waals surface area (Å²) < 4.78 is 0. The molecule has 0 bridgehead atoms. The lowest BCUT2D eigenvalue weighted by Crippen LogP contribution is -2.40. The van der Waals surface area contributed by atoms with E-state index in [1.54, 1.807) is 6.92 Å². The summed E-state index contributed by atoms with van der Waals surface area (Å²) in [6.45, 7) is 11.0. The molecule has 0 aromatic carbocycles. The van der Waals surface area contributed by atoms with Gasteiger partial charge in [-0.05, 0) is 37.0 Å². The van der Waals surface area contributed by atoms with E-state index in [1.165, 1.54) is 17.8 Å². The molecule has 1 heterocycles. The summed E-state index contributed by atoms with van der Waals surface area (Å²) in [4.78, 5) is 16.0. The van der Waals surface area contributed by atoms with Gasteiger partial charge in [0.1, 0.15) is 0 Å². The highest BCUT2D eigenvalue weighted by Crippen LogP contribution is 2.46. The maximum atomic E-state index is 11.0. The number of carbonyl (C=O) groups is 1. The van der Waals surface area contributed by atoms with E-state index in [4.69, 9.17) is 5.11 Å². The standard InChI is InChI=1S/C15H24N2O2S/c1-9-11(12(18)19)17-13(20-9)16-10-6-14(2,3)8-15(4,5)7-10/h10H,6-8H2,1-5H3,(H,16,17)(H,18,19). The second-order valence-electron chi connectivity index (χ2n) is 7.48. The Balaban J connectivity index is 2.13. The largest absolute Gasteiger partial charge is 0.476 e. The molecule has 0 spiro atoms. The van der Waals surface area contributed by atoms with E-state index in [2.05, 4.69) is 38.0 Å². The van der Waals surface area contributed by atoms with Gasteiger partial charge < -0.3 is 10.4 Å². The molecule has 0 atom stereocenters. The molecule has 5 heteroatoms. The third-order valence-electron chi connectivity index (χ3n) is 3.88. The molecule has 1 aliphatic carbocycles. The van der Waals surface area contributed by atoms with Crippen molar-refractivity contribution in [2.45, 2.75) is 59.9 Å². The van der Waals surface area contributed by atoms with Gasteiger partial charge in [-0.25, -0.2) is 9.78 Å². The van der Waals surface area contributed by atoms with Crippen molar-refractivity contribution >= 4 is 22.4 Å². The van der Waals surface area contributed by atoms with Gasteiger partial charge >= 0.3 is 5.97 Å². The van der Waals surface area contributed by atoms with E-state index in [9.17, 15) is 4.79 Å². The van der Waals surface area contributed by atoms with Crippen LogP contribution in [0.5, 0.6) is 0 Å². The van der Waals surface area contributed by atoms with Crippen molar-refractivity contribution in [2.75, 3.05) is 5.32 Å². The minimum atomic E-state index is -0.948. The van der Waals surface area contributed by atoms with Crippen LogP contribution >= 0.6 is 11.3 Å². The minimum Gasteiger partial charge on any atom is -0.476 e. The lowest BCUT2D eigenvalue weighted by atomic mass is 9.63. The Morgan fingerprint density at radius 1 is 1.30 bits per heavy atom. The van der Waals surface area contributed by atoms with Crippen LogP contribution in [-0.4, -0.2) is 22.1 Å². The van der Waals surface area contributed by atoms with Crippen LogP contribution in [0.4, 0.5) is 5.13 Å². The number of carboxylic acids is 1. The van der Waals surface area contributed by atoms with Crippen molar-refractivity contribution < 1.29 is 9.90 Å². The van der Waals surface area contributed by atoms with E-state index in [0.717, 1.165) is 22.9 Å². The van der Waals surface area contributed by atoms with Gasteiger partial charge in [0.25, 0.3) is 0 Å². The summed E-state index contributed by atoms with van der Waals surface area (Å²) in [6.07, 6.45) is 3.41. The highest BCUT2D eigenvalue weighted by molar-refractivity contribution is 7.15. The Kier molecular flexibility index (Phi) is 3.84. The lowest BCUT2D eigenvalue weighted by Gasteiger charge is -2.45. The third kappa shape index (κ3) is 3.51. The summed E-state index contributed by atoms with van der Waals surface area (Å²) in [6, 6.07) is 0.362. The number of anilines is 1. The Hall–Kier alpha value is -1.10. The summed E-state index contributed by atoms with van der Waals surface area (Å²) in [5, 5.41) is 13.3. The van der Waals surface area contributed by atoms with Crippen LogP contribution in [0.25, 0.3) is 0 Å². The highest BCUT2D eigenvalue weighted by atomic mass is 32.1. The van der Waals surface area contributed by atoms with Crippen LogP contribution in [0.2, 0.25) is 0 Å². The van der Waals surface area contributed by atoms with Gasteiger partial charge in [-0.15, -0.1) is 11.3 Å². The summed E-state index contributed by atoms with van der Waals surface area (Å²) in [5.41, 5.74) is 0.787. The van der Waals surface area contributed by atoms with E-state index >= 15 is 0 Å². The quantitative estimate of drug-likeness (QED) is 0.879. The number of aromatic nitrogens is 1. The molecule has 1 aliphatic rings. The Labute approximate surface area is 124 Å². The molecule has 2 rings (SSSR count). The predicted molar refractivity (Wildman–Crippen MR) is 82.6 cm³/mol. The van der Waals surface area contributed by atoms with Crippen LogP contribution in [0.15, 0.2) is 0 Å². The fraction of sp³-hybridized carbons (Fsp3) is 0.733. The summed E-state index contributed by atoms with van der Waals surface area (Å²) in [5.74, 6) is -0.948. The number of hydrogen-bond acceptors (Lipinski definition) is 4. The Morgan fingerprint density at radius 3 is 2.30 bits per heavy atom. The molecule has 0 radical (unpaired) electrons. The second-order valence-corrected chi connectivity index (χ2v) is 8.69. The number of rotatable bonds is 3. The molecular weight excluding hydrogens is 272 g/mol. The maximum absolute atomic E-state index is 11.0. The number of aromatic carboxylic acids is 1. The zero-order chi connectivity index (χ0) is 15.1. The van der Waals surface area contributed by atoms with Crippen molar-refractivity contribution in [2.24, 2.45) is 10.8 Å². The normalized spacial score (nSPS) is 21.6. The van der Waals surface area contributed by atoms with E-state index in [-0.39, 0.29) is 5.69 Å². The van der Waals surface area contributed by atoms with Crippen molar-refractivity contribution in [1.29, 1.82) is 0 Å². The average molecular weight is 296 g/mol. The van der Waals surface area contributed by atoms with E-state index in [1.807, 2.05) is 0 Å². The molecule has 20 heavy (non-hydrogen) atoms. The van der Waals surface area contributed by atoms with Gasteiger partial charge in [-0.2, -0.15) is 0 Å². The van der Waals surface area contributed by atoms with Crippen molar-refractivity contribution in [3.05, 3.63) is 10.6 Å². The molecule has 1 aromatic heterocycles. The molecule has 0 amide bonds. The SMILES string of the molecule is Cc1sc(NC2CC(C)(C)CC(C)(C)C2)nc1C(=O)O. The number of aryl methyl sites for hydroxylation is 1. The molecule has 0 saturated heterocycles. The predicted octanol–water partition coefficient (Wildman–Crippen LogP) is 4.17. The molecule has 0 unspecified atom stereocenters. The third-order valence-corrected chi connectivity index (χ3v) is 4.78. The summed E-state index contributed by atoms with van der Waals surface area (Å²) in [7, 11) is 0. The zero-order valence-electron chi connectivity index (χ0n) is 12.9. The van der Waals surface area contributed by atoms with E-state index in [0.29, 0.717) is 16.9 Å². The van der Waals surface area contributed by atoms with Crippen LogP contribution in [-0.2, 0) is 0 Å². The molecule has 0 aliphatic heterocycles. The number of nitrogens with zero attached hydrogens (tertiary/aromatic N) is 1. The number of carboxylic acid groups (broad SMARTS) is 1. The number of thiazole rings is 1. The molecule has 1 aromatic rings. The molecule has 1 saturated carbocycles. The van der Waals surface area contributed by atoms with Crippen LogP contribution < -0.4 is 5.32 Å². The first-order valence-electron chi connectivity index (χ1n) is 7.05. The fourth-order valence-corrected chi connectivity index (χ4v) is 4.66. The first-order valence-corrected chi connectivity index (χ1v) is 7.87. The zero-order valence-corrected chi connectivity index (χ0v) is 13.7. The second kappa shape index (κ2) is 5.02. The summed E-state index contributed by atoms with van der Waals surface area (Å²) >= 11 is 1.43. The van der Waals surface area contributed by atoms with Crippen LogP contribution in [0.1, 0.15) is 62.3 Å².